The number of rotatable bonds is 2. The van der Waals surface area contributed by atoms with Gasteiger partial charge < -0.3 is 9.84 Å². The van der Waals surface area contributed by atoms with Crippen LogP contribution in [0.2, 0.25) is 5.15 Å². The third-order valence-corrected chi connectivity index (χ3v) is 1.46. The zero-order chi connectivity index (χ0) is 11.6. The first-order valence-electron chi connectivity index (χ1n) is 3.45. The molecule has 0 unspecified atom stereocenters. The second-order valence-electron chi connectivity index (χ2n) is 2.33. The molecule has 8 heteroatoms. The van der Waals surface area contributed by atoms with E-state index in [1.807, 2.05) is 0 Å². The molecule has 0 aliphatic heterocycles. The maximum atomic E-state index is 11.8. The maximum Gasteiger partial charge on any atom is 0.573 e. The first-order chi connectivity index (χ1) is 6.79. The molecule has 0 spiro atoms. The van der Waals surface area contributed by atoms with Crippen molar-refractivity contribution in [2.24, 2.45) is 0 Å². The van der Waals surface area contributed by atoms with Gasteiger partial charge in [0, 0.05) is 0 Å². The van der Waals surface area contributed by atoms with E-state index in [1.54, 1.807) is 0 Å². The summed E-state index contributed by atoms with van der Waals surface area (Å²) in [5.41, 5.74) is -0.889. The van der Waals surface area contributed by atoms with E-state index in [0.29, 0.717) is 0 Å². The summed E-state index contributed by atoms with van der Waals surface area (Å²) in [4.78, 5) is 13.7. The maximum absolute atomic E-state index is 11.8. The summed E-state index contributed by atoms with van der Waals surface area (Å²) in [5.74, 6) is -2.56. The number of carbonyl (C=O) groups is 1. The molecule has 0 aromatic carbocycles. The number of carboxylic acid groups (broad SMARTS) is 1. The van der Waals surface area contributed by atoms with Crippen molar-refractivity contribution in [3.63, 3.8) is 0 Å². The van der Waals surface area contributed by atoms with Gasteiger partial charge in [0.1, 0.15) is 5.15 Å². The van der Waals surface area contributed by atoms with Crippen LogP contribution in [0.4, 0.5) is 13.2 Å². The van der Waals surface area contributed by atoms with E-state index in [-0.39, 0.29) is 5.15 Å². The average Bonchev–Trinajstić information content (AvgIpc) is 2.05. The molecule has 1 N–H and O–H groups in total. The largest absolute Gasteiger partial charge is 0.573 e. The third kappa shape index (κ3) is 3.28. The van der Waals surface area contributed by atoms with Crippen LogP contribution >= 0.6 is 11.6 Å². The van der Waals surface area contributed by atoms with E-state index in [0.717, 1.165) is 12.1 Å². The van der Waals surface area contributed by atoms with Gasteiger partial charge in [0.05, 0.1) is 0 Å². The number of ether oxygens (including phenoxy) is 1. The smallest absolute Gasteiger partial charge is 0.476 e. The molecule has 4 nitrogen and oxygen atoms in total. The summed E-state index contributed by atoms with van der Waals surface area (Å²) in [7, 11) is 0. The Morgan fingerprint density at radius 3 is 2.53 bits per heavy atom. The van der Waals surface area contributed by atoms with E-state index >= 15 is 0 Å². The Bertz CT molecular complexity index is 394. The Kier molecular flexibility index (Phi) is 3.04. The number of hydrogen-bond donors (Lipinski definition) is 1. The van der Waals surface area contributed by atoms with Crippen LogP contribution in [0.15, 0.2) is 12.1 Å². The molecule has 1 heterocycles. The Hall–Kier alpha value is -1.50. The van der Waals surface area contributed by atoms with Crippen molar-refractivity contribution in [1.29, 1.82) is 0 Å². The van der Waals surface area contributed by atoms with Gasteiger partial charge in [-0.25, -0.2) is 9.78 Å². The summed E-state index contributed by atoms with van der Waals surface area (Å²) >= 11 is 5.32. The standard InChI is InChI=1S/C7H3ClF3NO3/c8-4-2-1-3(15-7(9,10)11)5(12-4)6(13)14/h1-2H,(H,13,14). The van der Waals surface area contributed by atoms with Gasteiger partial charge in [-0.1, -0.05) is 11.6 Å². The predicted molar refractivity (Wildman–Crippen MR) is 42.9 cm³/mol. The highest BCUT2D eigenvalue weighted by Crippen LogP contribution is 2.26. The summed E-state index contributed by atoms with van der Waals surface area (Å²) in [5, 5.41) is 8.28. The van der Waals surface area contributed by atoms with Gasteiger partial charge in [0.15, 0.2) is 11.4 Å². The molecule has 0 aliphatic rings. The minimum Gasteiger partial charge on any atom is -0.476 e. The molecule has 1 aromatic heterocycles. The molecule has 0 saturated heterocycles. The van der Waals surface area contributed by atoms with Gasteiger partial charge in [-0.05, 0) is 12.1 Å². The molecule has 1 aromatic rings. The Morgan fingerprint density at radius 2 is 2.07 bits per heavy atom. The Balaban J connectivity index is 3.12. The average molecular weight is 242 g/mol. The monoisotopic (exact) mass is 241 g/mol. The highest BCUT2D eigenvalue weighted by molar-refractivity contribution is 6.29. The number of nitrogens with zero attached hydrogens (tertiary/aromatic N) is 1. The molecule has 0 fully saturated rings. The highest BCUT2D eigenvalue weighted by atomic mass is 35.5. The third-order valence-electron chi connectivity index (χ3n) is 1.25. The lowest BCUT2D eigenvalue weighted by Gasteiger charge is -2.10. The number of carboxylic acids is 1. The minimum atomic E-state index is -4.97. The van der Waals surface area contributed by atoms with Crippen molar-refractivity contribution in [3.8, 4) is 5.75 Å². The van der Waals surface area contributed by atoms with Crippen LogP contribution < -0.4 is 4.74 Å². The molecule has 0 atom stereocenters. The van der Waals surface area contributed by atoms with Crippen molar-refractivity contribution in [2.75, 3.05) is 0 Å². The van der Waals surface area contributed by atoms with Crippen molar-refractivity contribution in [3.05, 3.63) is 23.0 Å². The quantitative estimate of drug-likeness (QED) is 0.808. The highest BCUT2D eigenvalue weighted by Gasteiger charge is 2.33. The van der Waals surface area contributed by atoms with Crippen LogP contribution in [0.5, 0.6) is 5.75 Å². The van der Waals surface area contributed by atoms with E-state index in [1.165, 1.54) is 0 Å². The summed E-state index contributed by atoms with van der Waals surface area (Å²) in [6.07, 6.45) is -4.97. The molecule has 0 amide bonds. The van der Waals surface area contributed by atoms with E-state index < -0.39 is 23.8 Å². The number of hydrogen-bond acceptors (Lipinski definition) is 3. The number of halogens is 4. The fourth-order valence-electron chi connectivity index (χ4n) is 0.783. The van der Waals surface area contributed by atoms with Crippen molar-refractivity contribution < 1.29 is 27.8 Å². The molecule has 0 radical (unpaired) electrons. The number of alkyl halides is 3. The van der Waals surface area contributed by atoms with Crippen molar-refractivity contribution in [1.82, 2.24) is 4.98 Å². The first-order valence-corrected chi connectivity index (χ1v) is 3.83. The lowest BCUT2D eigenvalue weighted by Crippen LogP contribution is -2.19. The van der Waals surface area contributed by atoms with Gasteiger partial charge in [0.25, 0.3) is 0 Å². The van der Waals surface area contributed by atoms with Gasteiger partial charge in [-0.15, -0.1) is 13.2 Å². The number of pyridine rings is 1. The molecular weight excluding hydrogens is 239 g/mol. The van der Waals surface area contributed by atoms with Crippen LogP contribution in [0.25, 0.3) is 0 Å². The lowest BCUT2D eigenvalue weighted by atomic mass is 10.3. The van der Waals surface area contributed by atoms with Crippen LogP contribution in [0, 0.1) is 0 Å². The zero-order valence-corrected chi connectivity index (χ0v) is 7.63. The van der Waals surface area contributed by atoms with E-state index in [4.69, 9.17) is 16.7 Å². The molecule has 0 aliphatic carbocycles. The van der Waals surface area contributed by atoms with E-state index in [2.05, 4.69) is 9.72 Å². The van der Waals surface area contributed by atoms with Gasteiger partial charge in [-0.2, -0.15) is 0 Å². The van der Waals surface area contributed by atoms with Crippen LogP contribution in [0.3, 0.4) is 0 Å². The first kappa shape index (κ1) is 11.6. The molecule has 82 valence electrons. The SMILES string of the molecule is O=C(O)c1nc(Cl)ccc1OC(F)(F)F. The second kappa shape index (κ2) is 3.93. The predicted octanol–water partition coefficient (Wildman–Crippen LogP) is 2.33. The summed E-state index contributed by atoms with van der Waals surface area (Å²) < 4.78 is 38.9. The second-order valence-corrected chi connectivity index (χ2v) is 2.72. The van der Waals surface area contributed by atoms with Crippen LogP contribution in [-0.4, -0.2) is 22.4 Å². The van der Waals surface area contributed by atoms with Crippen LogP contribution in [-0.2, 0) is 0 Å². The fraction of sp³-hybridized carbons (Fsp3) is 0.143. The summed E-state index contributed by atoms with van der Waals surface area (Å²) in [6.45, 7) is 0. The number of aromatic nitrogens is 1. The zero-order valence-electron chi connectivity index (χ0n) is 6.88. The van der Waals surface area contributed by atoms with Gasteiger partial charge in [-0.3, -0.25) is 0 Å². The molecule has 0 bridgehead atoms. The van der Waals surface area contributed by atoms with E-state index in [9.17, 15) is 18.0 Å². The topological polar surface area (TPSA) is 59.4 Å². The Morgan fingerprint density at radius 1 is 1.47 bits per heavy atom. The molecular formula is C7H3ClF3NO3. The lowest BCUT2D eigenvalue weighted by molar-refractivity contribution is -0.274. The normalized spacial score (nSPS) is 11.2. The van der Waals surface area contributed by atoms with Gasteiger partial charge in [0.2, 0.25) is 0 Å². The minimum absolute atomic E-state index is 0.234. The number of aromatic carboxylic acids is 1. The van der Waals surface area contributed by atoms with Gasteiger partial charge >= 0.3 is 12.3 Å². The van der Waals surface area contributed by atoms with Crippen molar-refractivity contribution in [2.45, 2.75) is 6.36 Å². The molecule has 15 heavy (non-hydrogen) atoms. The van der Waals surface area contributed by atoms with Crippen LogP contribution in [0.1, 0.15) is 10.5 Å². The Labute approximate surface area is 86.3 Å². The fourth-order valence-corrected chi connectivity index (χ4v) is 0.930. The molecule has 1 rings (SSSR count). The van der Waals surface area contributed by atoms with Crippen molar-refractivity contribution >= 4 is 17.6 Å². The summed E-state index contributed by atoms with van der Waals surface area (Å²) in [6, 6.07) is 1.78. The molecule has 0 saturated carbocycles.